The Labute approximate surface area is 108 Å². The lowest BCUT2D eigenvalue weighted by Crippen LogP contribution is -2.24. The Morgan fingerprint density at radius 1 is 1.37 bits per heavy atom. The molecule has 19 heavy (non-hydrogen) atoms. The van der Waals surface area contributed by atoms with Crippen LogP contribution in [0.4, 0.5) is 13.2 Å². The minimum atomic E-state index is -4.54. The van der Waals surface area contributed by atoms with Crippen molar-refractivity contribution in [3.8, 4) is 6.07 Å². The topological polar surface area (TPSA) is 50.1 Å². The third kappa shape index (κ3) is 4.28. The minimum Gasteiger partial charge on any atom is -0.466 e. The zero-order valence-electron chi connectivity index (χ0n) is 10.2. The summed E-state index contributed by atoms with van der Waals surface area (Å²) in [5.41, 5.74) is 0.209. The molecule has 3 nitrogen and oxygen atoms in total. The predicted octanol–water partition coefficient (Wildman–Crippen LogP) is 3.16. The molecule has 1 unspecified atom stereocenters. The first-order valence-corrected chi connectivity index (χ1v) is 5.61. The van der Waals surface area contributed by atoms with Crippen LogP contribution in [-0.4, -0.2) is 18.8 Å². The second kappa shape index (κ2) is 6.23. The normalized spacial score (nSPS) is 12.6. The van der Waals surface area contributed by atoms with E-state index in [4.69, 9.17) is 5.26 Å². The molecule has 1 rings (SSSR count). The zero-order valence-corrected chi connectivity index (χ0v) is 10.2. The van der Waals surface area contributed by atoms with E-state index in [2.05, 4.69) is 4.74 Å². The highest BCUT2D eigenvalue weighted by Crippen LogP contribution is 2.37. The van der Waals surface area contributed by atoms with Gasteiger partial charge in [0, 0.05) is 0 Å². The van der Waals surface area contributed by atoms with Gasteiger partial charge in [-0.2, -0.15) is 18.4 Å². The van der Waals surface area contributed by atoms with E-state index in [0.717, 1.165) is 0 Å². The van der Waals surface area contributed by atoms with Gasteiger partial charge in [0.15, 0.2) is 0 Å². The molecule has 1 aromatic rings. The maximum Gasteiger partial charge on any atom is 0.396 e. The lowest BCUT2D eigenvalue weighted by Gasteiger charge is -2.19. The first-order chi connectivity index (χ1) is 8.88. The number of rotatable bonds is 4. The van der Waals surface area contributed by atoms with Crippen LogP contribution in [0.15, 0.2) is 24.3 Å². The van der Waals surface area contributed by atoms with Crippen LogP contribution in [0.3, 0.4) is 0 Å². The van der Waals surface area contributed by atoms with Gasteiger partial charge in [-0.1, -0.05) is 12.1 Å². The summed E-state index contributed by atoms with van der Waals surface area (Å²) in [6, 6.07) is 6.81. The summed E-state index contributed by atoms with van der Waals surface area (Å²) >= 11 is 0. The number of nitrogens with zero attached hydrogens (tertiary/aromatic N) is 1. The summed E-state index contributed by atoms with van der Waals surface area (Å²) in [4.78, 5) is 11.2. The highest BCUT2D eigenvalue weighted by atomic mass is 19.4. The number of carbonyl (C=O) groups is 1. The smallest absolute Gasteiger partial charge is 0.396 e. The van der Waals surface area contributed by atoms with Crippen LogP contribution in [0, 0.1) is 11.3 Å². The lowest BCUT2D eigenvalue weighted by atomic mass is 9.94. The van der Waals surface area contributed by atoms with Gasteiger partial charge in [0.25, 0.3) is 0 Å². The standard InChI is InChI=1S/C13H12F3NO2/c1-2-19-12(18)7-11(13(14,15)16)10-5-3-9(8-17)4-6-10/h3-6,11H,2,7H2,1H3. The highest BCUT2D eigenvalue weighted by Gasteiger charge is 2.42. The number of ether oxygens (including phenoxy) is 1. The van der Waals surface area contributed by atoms with E-state index in [1.165, 1.54) is 31.2 Å². The number of hydrogen-bond acceptors (Lipinski definition) is 3. The minimum absolute atomic E-state index is 0.0385. The van der Waals surface area contributed by atoms with E-state index in [9.17, 15) is 18.0 Å². The molecule has 0 radical (unpaired) electrons. The van der Waals surface area contributed by atoms with Crippen LogP contribution < -0.4 is 0 Å². The fourth-order valence-corrected chi connectivity index (χ4v) is 1.60. The van der Waals surface area contributed by atoms with E-state index in [1.54, 1.807) is 0 Å². The maximum absolute atomic E-state index is 12.9. The molecule has 0 amide bonds. The van der Waals surface area contributed by atoms with Crippen LogP contribution in [0.25, 0.3) is 0 Å². The van der Waals surface area contributed by atoms with Gasteiger partial charge in [0.1, 0.15) is 0 Å². The quantitative estimate of drug-likeness (QED) is 0.790. The fourth-order valence-electron chi connectivity index (χ4n) is 1.60. The predicted molar refractivity (Wildman–Crippen MR) is 61.2 cm³/mol. The molecule has 0 heterocycles. The van der Waals surface area contributed by atoms with Crippen LogP contribution in [0.5, 0.6) is 0 Å². The second-order valence-electron chi connectivity index (χ2n) is 3.84. The van der Waals surface area contributed by atoms with Crippen molar-refractivity contribution in [3.05, 3.63) is 35.4 Å². The largest absolute Gasteiger partial charge is 0.466 e. The summed E-state index contributed by atoms with van der Waals surface area (Å²) in [5, 5.41) is 8.60. The molecule has 6 heteroatoms. The molecule has 0 aliphatic rings. The van der Waals surface area contributed by atoms with Crippen molar-refractivity contribution >= 4 is 5.97 Å². The number of benzene rings is 1. The molecule has 1 aromatic carbocycles. The summed E-state index contributed by atoms with van der Waals surface area (Å²) in [5.74, 6) is -2.81. The third-order valence-electron chi connectivity index (χ3n) is 2.51. The molecule has 0 fully saturated rings. The molecule has 0 saturated carbocycles. The lowest BCUT2D eigenvalue weighted by molar-refractivity contribution is -0.166. The van der Waals surface area contributed by atoms with Gasteiger partial charge in [0.2, 0.25) is 0 Å². The Hall–Kier alpha value is -2.03. The van der Waals surface area contributed by atoms with E-state index in [0.29, 0.717) is 0 Å². The summed E-state index contributed by atoms with van der Waals surface area (Å²) in [7, 11) is 0. The average molecular weight is 271 g/mol. The average Bonchev–Trinajstić information content (AvgIpc) is 2.35. The van der Waals surface area contributed by atoms with E-state index in [1.807, 2.05) is 6.07 Å². The van der Waals surface area contributed by atoms with Crippen molar-refractivity contribution < 1.29 is 22.7 Å². The van der Waals surface area contributed by atoms with E-state index < -0.39 is 24.5 Å². The van der Waals surface area contributed by atoms with Gasteiger partial charge in [-0.25, -0.2) is 0 Å². The van der Waals surface area contributed by atoms with Gasteiger partial charge in [0.05, 0.1) is 30.6 Å². The zero-order chi connectivity index (χ0) is 14.5. The fraction of sp³-hybridized carbons (Fsp3) is 0.385. The van der Waals surface area contributed by atoms with E-state index >= 15 is 0 Å². The van der Waals surface area contributed by atoms with E-state index in [-0.39, 0.29) is 17.7 Å². The SMILES string of the molecule is CCOC(=O)CC(c1ccc(C#N)cc1)C(F)(F)F. The highest BCUT2D eigenvalue weighted by molar-refractivity contribution is 5.70. The van der Waals surface area contributed by atoms with Gasteiger partial charge < -0.3 is 4.74 Å². The first kappa shape index (κ1) is 15.0. The molecule has 0 N–H and O–H groups in total. The van der Waals surface area contributed by atoms with Gasteiger partial charge in [-0.05, 0) is 24.6 Å². The third-order valence-corrected chi connectivity index (χ3v) is 2.51. The van der Waals surface area contributed by atoms with Gasteiger partial charge >= 0.3 is 12.1 Å². The molecule has 0 bridgehead atoms. The summed E-state index contributed by atoms with van der Waals surface area (Å²) in [6.45, 7) is 1.57. The molecule has 102 valence electrons. The Morgan fingerprint density at radius 3 is 2.37 bits per heavy atom. The Balaban J connectivity index is 2.97. The molecular formula is C13H12F3NO2. The van der Waals surface area contributed by atoms with Crippen molar-refractivity contribution in [3.63, 3.8) is 0 Å². The first-order valence-electron chi connectivity index (χ1n) is 5.61. The number of hydrogen-bond donors (Lipinski definition) is 0. The molecule has 0 aliphatic heterocycles. The monoisotopic (exact) mass is 271 g/mol. The van der Waals surface area contributed by atoms with Crippen LogP contribution in [-0.2, 0) is 9.53 Å². The molecular weight excluding hydrogens is 259 g/mol. The van der Waals surface area contributed by atoms with Crippen molar-refractivity contribution in [2.45, 2.75) is 25.4 Å². The second-order valence-corrected chi connectivity index (χ2v) is 3.84. The summed E-state index contributed by atoms with van der Waals surface area (Å²) < 4.78 is 43.3. The number of halogens is 3. The van der Waals surface area contributed by atoms with Crippen LogP contribution in [0.2, 0.25) is 0 Å². The Morgan fingerprint density at radius 2 is 1.95 bits per heavy atom. The molecule has 0 spiro atoms. The maximum atomic E-state index is 12.9. The molecule has 0 saturated heterocycles. The van der Waals surface area contributed by atoms with Crippen molar-refractivity contribution in [2.75, 3.05) is 6.61 Å². The summed E-state index contributed by atoms with van der Waals surface area (Å²) in [6.07, 6.45) is -5.30. The van der Waals surface area contributed by atoms with Gasteiger partial charge in [-0.3, -0.25) is 4.79 Å². The Kier molecular flexibility index (Phi) is 4.93. The number of nitriles is 1. The van der Waals surface area contributed by atoms with Crippen LogP contribution in [0.1, 0.15) is 30.4 Å². The molecule has 0 aliphatic carbocycles. The molecule has 1 atom stereocenters. The number of esters is 1. The van der Waals surface area contributed by atoms with Crippen LogP contribution >= 0.6 is 0 Å². The van der Waals surface area contributed by atoms with Crippen molar-refractivity contribution in [1.82, 2.24) is 0 Å². The number of alkyl halides is 3. The van der Waals surface area contributed by atoms with Gasteiger partial charge in [-0.15, -0.1) is 0 Å². The molecule has 0 aromatic heterocycles. The number of carbonyl (C=O) groups excluding carboxylic acids is 1. The van der Waals surface area contributed by atoms with Crippen molar-refractivity contribution in [2.24, 2.45) is 0 Å². The van der Waals surface area contributed by atoms with Crippen molar-refractivity contribution in [1.29, 1.82) is 5.26 Å². The Bertz CT molecular complexity index is 474.